The molecule has 0 amide bonds. The Morgan fingerprint density at radius 1 is 0.942 bits per heavy atom. The van der Waals surface area contributed by atoms with Crippen LogP contribution in [0.3, 0.4) is 0 Å². The van der Waals surface area contributed by atoms with Crippen molar-refractivity contribution in [3.8, 4) is 0 Å². The Balaban J connectivity index is 2.21. The molecule has 14 heteroatoms. The SMILES string of the molecule is CC[C@H]1OC(=O)[C@H](C)[C@@H](O[C@H]2C[C@@](C)(OC)[C@H](C)[C@H](C)O2)[C@H](C)[C@@H](O[C@@H]2O[C@H](C)C[C@H](N(C)C)[C@H]2O)[C@@](C)(O)C[C@@H](C)/C(=N\O)[C@H](C)[C@@H](O)[C@]1(C)O. The van der Waals surface area contributed by atoms with Gasteiger partial charge < -0.3 is 59.0 Å². The number of carbonyl (C=O) groups is 1. The predicted octanol–water partition coefficient (Wildman–Crippen LogP) is 3.32. The monoisotopic (exact) mass is 746 g/mol. The second-order valence-corrected chi connectivity index (χ2v) is 16.9. The number of aliphatic hydroxyl groups is 4. The van der Waals surface area contributed by atoms with E-state index in [1.54, 1.807) is 48.7 Å². The van der Waals surface area contributed by atoms with Gasteiger partial charge in [-0.1, -0.05) is 39.8 Å². The normalized spacial score (nSPS) is 49.8. The maximum Gasteiger partial charge on any atom is 0.311 e. The van der Waals surface area contributed by atoms with Gasteiger partial charge in [0.05, 0.1) is 53.4 Å². The summed E-state index contributed by atoms with van der Waals surface area (Å²) in [6.07, 6.45) is -7.33. The lowest BCUT2D eigenvalue weighted by Crippen LogP contribution is -2.60. The van der Waals surface area contributed by atoms with Crippen LogP contribution < -0.4 is 0 Å². The number of methoxy groups -OCH3 is 1. The van der Waals surface area contributed by atoms with Gasteiger partial charge in [-0.3, -0.25) is 4.79 Å². The molecule has 0 aromatic rings. The molecule has 3 aliphatic rings. The molecule has 0 spiro atoms. The van der Waals surface area contributed by atoms with E-state index in [0.29, 0.717) is 12.8 Å². The number of nitrogens with zero attached hydrogens (tertiary/aromatic N) is 2. The van der Waals surface area contributed by atoms with Gasteiger partial charge in [-0.05, 0) is 74.9 Å². The van der Waals surface area contributed by atoms with E-state index in [2.05, 4.69) is 5.16 Å². The van der Waals surface area contributed by atoms with Crippen LogP contribution in [0.25, 0.3) is 0 Å². The van der Waals surface area contributed by atoms with Crippen LogP contribution in [0.4, 0.5) is 0 Å². The summed E-state index contributed by atoms with van der Waals surface area (Å²) in [6.45, 7) is 19.4. The third-order valence-corrected chi connectivity index (χ3v) is 12.6. The van der Waals surface area contributed by atoms with E-state index in [1.165, 1.54) is 6.92 Å². The van der Waals surface area contributed by atoms with Crippen LogP contribution in [0.2, 0.25) is 0 Å². The number of likely N-dealkylation sites (N-methyl/N-ethyl adjacent to an activating group) is 1. The smallest absolute Gasteiger partial charge is 0.311 e. The summed E-state index contributed by atoms with van der Waals surface area (Å²) in [6, 6.07) is -0.299. The third kappa shape index (κ3) is 9.49. The van der Waals surface area contributed by atoms with Gasteiger partial charge in [0.2, 0.25) is 0 Å². The van der Waals surface area contributed by atoms with E-state index in [4.69, 9.17) is 28.4 Å². The molecular formula is C38H70N2O12. The lowest BCUT2D eigenvalue weighted by molar-refractivity contribution is -0.313. The first-order valence-electron chi connectivity index (χ1n) is 19.0. The maximum absolute atomic E-state index is 14.2. The van der Waals surface area contributed by atoms with E-state index in [9.17, 15) is 30.4 Å². The lowest BCUT2D eigenvalue weighted by atomic mass is 9.73. The Morgan fingerprint density at radius 3 is 2.10 bits per heavy atom. The molecule has 3 heterocycles. The van der Waals surface area contributed by atoms with Crippen LogP contribution in [-0.2, 0) is 33.2 Å². The minimum Gasteiger partial charge on any atom is -0.459 e. The average molecular weight is 747 g/mol. The Bertz CT molecular complexity index is 1200. The Kier molecular flexibility index (Phi) is 15.2. The fourth-order valence-electron chi connectivity index (χ4n) is 8.78. The van der Waals surface area contributed by atoms with E-state index >= 15 is 0 Å². The molecule has 0 bridgehead atoms. The highest BCUT2D eigenvalue weighted by atomic mass is 16.7. The Hall–Kier alpha value is -1.46. The van der Waals surface area contributed by atoms with Crippen molar-refractivity contribution < 1.29 is 58.8 Å². The van der Waals surface area contributed by atoms with E-state index in [1.807, 2.05) is 46.7 Å². The van der Waals surface area contributed by atoms with Gasteiger partial charge in [-0.25, -0.2) is 0 Å². The zero-order valence-corrected chi connectivity index (χ0v) is 34.0. The first-order chi connectivity index (χ1) is 24.0. The van der Waals surface area contributed by atoms with Gasteiger partial charge in [0.25, 0.3) is 0 Å². The molecule has 3 fully saturated rings. The molecule has 0 radical (unpaired) electrons. The van der Waals surface area contributed by atoms with Crippen LogP contribution in [0.15, 0.2) is 5.16 Å². The van der Waals surface area contributed by atoms with E-state index in [-0.39, 0.29) is 42.7 Å². The van der Waals surface area contributed by atoms with Crippen LogP contribution in [-0.4, -0.2) is 142 Å². The molecule has 0 aromatic heterocycles. The van der Waals surface area contributed by atoms with Crippen LogP contribution >= 0.6 is 0 Å². The number of esters is 1. The van der Waals surface area contributed by atoms with Gasteiger partial charge in [-0.2, -0.15) is 0 Å². The van der Waals surface area contributed by atoms with Gasteiger partial charge in [0, 0.05) is 43.2 Å². The first kappa shape index (κ1) is 44.9. The van der Waals surface area contributed by atoms with Crippen molar-refractivity contribution in [2.75, 3.05) is 21.2 Å². The third-order valence-electron chi connectivity index (χ3n) is 12.6. The highest BCUT2D eigenvalue weighted by Gasteiger charge is 2.53. The number of carbonyl (C=O) groups excluding carboxylic acids is 1. The molecule has 304 valence electrons. The highest BCUT2D eigenvalue weighted by Crippen LogP contribution is 2.42. The number of hydrogen-bond acceptors (Lipinski definition) is 14. The van der Waals surface area contributed by atoms with Gasteiger partial charge in [0.15, 0.2) is 12.6 Å². The average Bonchev–Trinajstić information content (AvgIpc) is 3.06. The number of cyclic esters (lactones) is 1. The van der Waals surface area contributed by atoms with Crippen LogP contribution in [0, 0.1) is 29.6 Å². The largest absolute Gasteiger partial charge is 0.459 e. The molecule has 0 saturated carbocycles. The summed E-state index contributed by atoms with van der Waals surface area (Å²) < 4.78 is 37.9. The Labute approximate surface area is 311 Å². The predicted molar refractivity (Wildman–Crippen MR) is 194 cm³/mol. The minimum atomic E-state index is -1.94. The second kappa shape index (κ2) is 17.6. The van der Waals surface area contributed by atoms with Gasteiger partial charge >= 0.3 is 5.97 Å². The summed E-state index contributed by atoms with van der Waals surface area (Å²) in [5.41, 5.74) is -4.14. The number of hydrogen-bond donors (Lipinski definition) is 5. The molecule has 5 N–H and O–H groups in total. The fourth-order valence-corrected chi connectivity index (χ4v) is 8.78. The van der Waals surface area contributed by atoms with Gasteiger partial charge in [0.1, 0.15) is 17.8 Å². The molecule has 14 nitrogen and oxygen atoms in total. The summed E-state index contributed by atoms with van der Waals surface area (Å²) in [5, 5.41) is 61.0. The van der Waals surface area contributed by atoms with Crippen LogP contribution in [0.5, 0.6) is 0 Å². The zero-order valence-electron chi connectivity index (χ0n) is 34.0. The first-order valence-corrected chi connectivity index (χ1v) is 19.0. The van der Waals surface area contributed by atoms with E-state index < -0.39 is 89.5 Å². The molecule has 52 heavy (non-hydrogen) atoms. The zero-order chi connectivity index (χ0) is 39.7. The van der Waals surface area contributed by atoms with Crippen molar-refractivity contribution in [1.82, 2.24) is 4.90 Å². The standard InChI is InChI=1S/C38H70N2O12/c1-15-27-38(11,45)32(42)21(4)29(39-46)19(2)17-36(9,44)33(52-35-30(41)26(40(12)13)16-20(3)48-35)22(5)31(23(6)34(43)50-27)51-28-18-37(10,47-14)24(7)25(8)49-28/h19-28,30-33,35,41-42,44-46H,15-18H2,1-14H3/b39-29+/t19-,20-,21+,22+,23-,24-,25+,26+,27-,28+,30-,31+,32-,33-,35+,36+,37-,38-/m1/s1. The van der Waals surface area contributed by atoms with E-state index in [0.717, 1.165) is 0 Å². The number of aliphatic hydroxyl groups excluding tert-OH is 2. The topological polar surface area (TPSA) is 189 Å². The molecule has 3 aliphatic heterocycles. The van der Waals surface area contributed by atoms with Gasteiger partial charge in [-0.15, -0.1) is 0 Å². The van der Waals surface area contributed by atoms with Crippen molar-refractivity contribution >= 4 is 11.7 Å². The number of rotatable bonds is 7. The van der Waals surface area contributed by atoms with Crippen molar-refractivity contribution in [2.45, 2.75) is 180 Å². The molecular weight excluding hydrogens is 676 g/mol. The maximum atomic E-state index is 14.2. The van der Waals surface area contributed by atoms with Crippen molar-refractivity contribution in [2.24, 2.45) is 34.7 Å². The van der Waals surface area contributed by atoms with Crippen LogP contribution in [0.1, 0.15) is 102 Å². The number of oxime groups is 1. The van der Waals surface area contributed by atoms with Crippen molar-refractivity contribution in [3.05, 3.63) is 0 Å². The summed E-state index contributed by atoms with van der Waals surface area (Å²) in [5.74, 6) is -3.99. The van der Waals surface area contributed by atoms with Crippen molar-refractivity contribution in [3.63, 3.8) is 0 Å². The molecule has 0 aromatic carbocycles. The molecule has 3 rings (SSSR count). The second-order valence-electron chi connectivity index (χ2n) is 16.9. The van der Waals surface area contributed by atoms with Crippen molar-refractivity contribution in [1.29, 1.82) is 0 Å². The minimum absolute atomic E-state index is 0.0276. The molecule has 3 saturated heterocycles. The fraction of sp³-hybridized carbons (Fsp3) is 0.947. The number of ether oxygens (including phenoxy) is 6. The summed E-state index contributed by atoms with van der Waals surface area (Å²) >= 11 is 0. The lowest BCUT2D eigenvalue weighted by Gasteiger charge is -2.49. The highest BCUT2D eigenvalue weighted by molar-refractivity contribution is 5.88. The molecule has 0 unspecified atom stereocenters. The Morgan fingerprint density at radius 2 is 1.56 bits per heavy atom. The summed E-state index contributed by atoms with van der Waals surface area (Å²) in [7, 11) is 5.38. The summed E-state index contributed by atoms with van der Waals surface area (Å²) in [4.78, 5) is 16.1. The molecule has 0 aliphatic carbocycles. The quantitative estimate of drug-likeness (QED) is 0.145. The molecule has 18 atom stereocenters.